The summed E-state index contributed by atoms with van der Waals surface area (Å²) in [6, 6.07) is 4.25. The Labute approximate surface area is 91.2 Å². The Hall–Kier alpha value is -1.15. The minimum atomic E-state index is 0.189. The van der Waals surface area contributed by atoms with Crippen molar-refractivity contribution in [2.75, 3.05) is 0 Å². The van der Waals surface area contributed by atoms with Crippen LogP contribution in [0.1, 0.15) is 31.2 Å². The molecule has 2 nitrogen and oxygen atoms in total. The summed E-state index contributed by atoms with van der Waals surface area (Å²) in [5.74, 6) is 0. The minimum absolute atomic E-state index is 0.189. The molecule has 15 heavy (non-hydrogen) atoms. The van der Waals surface area contributed by atoms with E-state index in [1.807, 2.05) is 12.3 Å². The van der Waals surface area contributed by atoms with E-state index in [0.717, 1.165) is 6.42 Å². The largest absolute Gasteiger partial charge is 0.324 e. The van der Waals surface area contributed by atoms with Crippen LogP contribution >= 0.6 is 0 Å². The monoisotopic (exact) mass is 202 g/mol. The Morgan fingerprint density at radius 1 is 1.40 bits per heavy atom. The quantitative estimate of drug-likeness (QED) is 0.765. The van der Waals surface area contributed by atoms with Gasteiger partial charge in [-0.15, -0.1) is 0 Å². The van der Waals surface area contributed by atoms with Crippen LogP contribution in [0.5, 0.6) is 0 Å². The highest BCUT2D eigenvalue weighted by molar-refractivity contribution is 5.18. The maximum absolute atomic E-state index is 6.18. The zero-order chi connectivity index (χ0) is 10.5. The molecule has 1 aromatic rings. The van der Waals surface area contributed by atoms with Crippen molar-refractivity contribution in [2.24, 2.45) is 5.73 Å². The van der Waals surface area contributed by atoms with Gasteiger partial charge in [0.25, 0.3) is 0 Å². The van der Waals surface area contributed by atoms with E-state index in [1.54, 1.807) is 6.20 Å². The first-order chi connectivity index (χ1) is 7.36. The standard InChI is InChI=1S/C13H18N2/c14-13(12-6-2-1-3-7-12)9-11-5-4-8-15-10-11/h4-6,8,10,13H,1-3,7,9,14H2. The molecule has 0 aliphatic heterocycles. The SMILES string of the molecule is NC(Cc1cccnc1)C1=CCCCC1. The molecule has 1 heterocycles. The Kier molecular flexibility index (Phi) is 3.51. The maximum atomic E-state index is 6.18. The molecule has 0 aromatic carbocycles. The molecular weight excluding hydrogens is 184 g/mol. The predicted molar refractivity (Wildman–Crippen MR) is 62.5 cm³/mol. The average molecular weight is 202 g/mol. The molecule has 0 spiro atoms. The molecule has 2 N–H and O–H groups in total. The predicted octanol–water partition coefficient (Wildman–Crippen LogP) is 2.45. The summed E-state index contributed by atoms with van der Waals surface area (Å²) in [7, 11) is 0. The molecule has 1 aromatic heterocycles. The number of nitrogens with zero attached hydrogens (tertiary/aromatic N) is 1. The first kappa shape index (κ1) is 10.4. The molecule has 1 aliphatic rings. The second-order valence-corrected chi connectivity index (χ2v) is 4.20. The zero-order valence-corrected chi connectivity index (χ0v) is 9.02. The van der Waals surface area contributed by atoms with Gasteiger partial charge in [0.05, 0.1) is 0 Å². The molecule has 0 radical (unpaired) electrons. The summed E-state index contributed by atoms with van der Waals surface area (Å²) in [4.78, 5) is 4.11. The van der Waals surface area contributed by atoms with Crippen LogP contribution in [0.3, 0.4) is 0 Å². The molecule has 2 heteroatoms. The Morgan fingerprint density at radius 2 is 2.33 bits per heavy atom. The highest BCUT2D eigenvalue weighted by Gasteiger charge is 2.12. The van der Waals surface area contributed by atoms with E-state index in [0.29, 0.717) is 0 Å². The fraction of sp³-hybridized carbons (Fsp3) is 0.462. The molecule has 80 valence electrons. The number of rotatable bonds is 3. The Morgan fingerprint density at radius 3 is 3.00 bits per heavy atom. The topological polar surface area (TPSA) is 38.9 Å². The zero-order valence-electron chi connectivity index (χ0n) is 9.02. The van der Waals surface area contributed by atoms with Gasteiger partial charge in [0, 0.05) is 18.4 Å². The van der Waals surface area contributed by atoms with Crippen LogP contribution in [0.15, 0.2) is 36.2 Å². The highest BCUT2D eigenvalue weighted by atomic mass is 14.6. The van der Waals surface area contributed by atoms with Gasteiger partial charge >= 0.3 is 0 Å². The maximum Gasteiger partial charge on any atom is 0.0300 e. The van der Waals surface area contributed by atoms with Crippen molar-refractivity contribution in [3.05, 3.63) is 41.7 Å². The summed E-state index contributed by atoms with van der Waals surface area (Å²) in [6.07, 6.45) is 12.0. The number of allylic oxidation sites excluding steroid dienone is 1. The smallest absolute Gasteiger partial charge is 0.0300 e. The van der Waals surface area contributed by atoms with E-state index in [4.69, 9.17) is 5.73 Å². The van der Waals surface area contributed by atoms with E-state index < -0.39 is 0 Å². The van der Waals surface area contributed by atoms with Crippen molar-refractivity contribution >= 4 is 0 Å². The summed E-state index contributed by atoms with van der Waals surface area (Å²) in [5.41, 5.74) is 8.85. The highest BCUT2D eigenvalue weighted by Crippen LogP contribution is 2.20. The third-order valence-corrected chi connectivity index (χ3v) is 2.98. The third-order valence-electron chi connectivity index (χ3n) is 2.98. The second-order valence-electron chi connectivity index (χ2n) is 4.20. The van der Waals surface area contributed by atoms with Gasteiger partial charge < -0.3 is 5.73 Å². The van der Waals surface area contributed by atoms with Gasteiger partial charge in [0.1, 0.15) is 0 Å². The van der Waals surface area contributed by atoms with E-state index in [2.05, 4.69) is 17.1 Å². The first-order valence-electron chi connectivity index (χ1n) is 5.69. The van der Waals surface area contributed by atoms with E-state index in [-0.39, 0.29) is 6.04 Å². The number of hydrogen-bond acceptors (Lipinski definition) is 2. The van der Waals surface area contributed by atoms with Gasteiger partial charge in [0.15, 0.2) is 0 Å². The van der Waals surface area contributed by atoms with Gasteiger partial charge in [0.2, 0.25) is 0 Å². The molecule has 0 saturated carbocycles. The molecule has 1 aliphatic carbocycles. The van der Waals surface area contributed by atoms with Gasteiger partial charge in [-0.1, -0.05) is 17.7 Å². The van der Waals surface area contributed by atoms with Crippen LogP contribution in [-0.2, 0) is 6.42 Å². The Bertz CT molecular complexity index is 330. The van der Waals surface area contributed by atoms with Crippen molar-refractivity contribution < 1.29 is 0 Å². The number of nitrogens with two attached hydrogens (primary N) is 1. The number of pyridine rings is 1. The fourth-order valence-electron chi connectivity index (χ4n) is 2.10. The minimum Gasteiger partial charge on any atom is -0.324 e. The molecule has 1 unspecified atom stereocenters. The van der Waals surface area contributed by atoms with Gasteiger partial charge in [-0.05, 0) is 43.7 Å². The van der Waals surface area contributed by atoms with Gasteiger partial charge in [-0.25, -0.2) is 0 Å². The van der Waals surface area contributed by atoms with Crippen molar-refractivity contribution in [1.82, 2.24) is 4.98 Å². The van der Waals surface area contributed by atoms with Crippen molar-refractivity contribution in [3.63, 3.8) is 0 Å². The molecule has 0 fully saturated rings. The Balaban J connectivity index is 1.97. The van der Waals surface area contributed by atoms with E-state index in [9.17, 15) is 0 Å². The first-order valence-corrected chi connectivity index (χ1v) is 5.69. The lowest BCUT2D eigenvalue weighted by atomic mass is 9.91. The molecule has 0 saturated heterocycles. The molecule has 0 amide bonds. The summed E-state index contributed by atoms with van der Waals surface area (Å²) in [6.45, 7) is 0. The van der Waals surface area contributed by atoms with Crippen molar-refractivity contribution in [2.45, 2.75) is 38.1 Å². The lowest BCUT2D eigenvalue weighted by molar-refractivity contribution is 0.630. The fourth-order valence-corrected chi connectivity index (χ4v) is 2.10. The average Bonchev–Trinajstić information content (AvgIpc) is 2.31. The van der Waals surface area contributed by atoms with Crippen LogP contribution < -0.4 is 5.73 Å². The van der Waals surface area contributed by atoms with Crippen LogP contribution in [0, 0.1) is 0 Å². The van der Waals surface area contributed by atoms with Crippen LogP contribution in [0.2, 0.25) is 0 Å². The second kappa shape index (κ2) is 5.08. The third kappa shape index (κ3) is 2.90. The van der Waals surface area contributed by atoms with E-state index >= 15 is 0 Å². The molecule has 0 bridgehead atoms. The van der Waals surface area contributed by atoms with Gasteiger partial charge in [-0.3, -0.25) is 4.98 Å². The lowest BCUT2D eigenvalue weighted by Gasteiger charge is -2.19. The van der Waals surface area contributed by atoms with Crippen LogP contribution in [0.4, 0.5) is 0 Å². The van der Waals surface area contributed by atoms with Crippen molar-refractivity contribution in [1.29, 1.82) is 0 Å². The molecular formula is C13H18N2. The number of hydrogen-bond donors (Lipinski definition) is 1. The van der Waals surface area contributed by atoms with Gasteiger partial charge in [-0.2, -0.15) is 0 Å². The molecule has 2 rings (SSSR count). The summed E-state index contributed by atoms with van der Waals surface area (Å²) in [5, 5.41) is 0. The lowest BCUT2D eigenvalue weighted by Crippen LogP contribution is -2.26. The molecule has 1 atom stereocenters. The number of aromatic nitrogens is 1. The van der Waals surface area contributed by atoms with Crippen LogP contribution in [0.25, 0.3) is 0 Å². The van der Waals surface area contributed by atoms with Crippen LogP contribution in [-0.4, -0.2) is 11.0 Å². The summed E-state index contributed by atoms with van der Waals surface area (Å²) >= 11 is 0. The van der Waals surface area contributed by atoms with Crippen molar-refractivity contribution in [3.8, 4) is 0 Å². The normalized spacial score (nSPS) is 18.3. The summed E-state index contributed by atoms with van der Waals surface area (Å²) < 4.78 is 0. The van der Waals surface area contributed by atoms with E-state index in [1.165, 1.54) is 36.8 Å².